The Balaban J connectivity index is 2.20. The Morgan fingerprint density at radius 1 is 1.47 bits per heavy atom. The molecule has 5 heteroatoms. The van der Waals surface area contributed by atoms with E-state index in [1.165, 1.54) is 17.8 Å². The number of aromatic nitrogens is 1. The number of ether oxygens (including phenoxy) is 1. The van der Waals surface area contributed by atoms with Gasteiger partial charge in [-0.2, -0.15) is 0 Å². The minimum atomic E-state index is -0.877. The van der Waals surface area contributed by atoms with Crippen molar-refractivity contribution in [2.75, 3.05) is 6.61 Å². The Bertz CT molecular complexity index is 456. The van der Waals surface area contributed by atoms with Gasteiger partial charge in [0.25, 0.3) is 0 Å². The maximum absolute atomic E-state index is 11.3. The van der Waals surface area contributed by atoms with Gasteiger partial charge in [0.2, 0.25) is 0 Å². The molecule has 1 aromatic heterocycles. The van der Waals surface area contributed by atoms with E-state index >= 15 is 0 Å². The van der Waals surface area contributed by atoms with E-state index in [1.54, 1.807) is 0 Å². The van der Waals surface area contributed by atoms with Crippen molar-refractivity contribution in [1.82, 2.24) is 4.98 Å². The Kier molecular flexibility index (Phi) is 4.26. The molecule has 1 aromatic rings. The monoisotopic (exact) mass is 283 g/mol. The number of carboxylic acids is 1. The highest BCUT2D eigenvalue weighted by molar-refractivity contribution is 7.13. The SMILES string of the molecule is CC(C)(C)c1nc(CC2CCCCO2)sc1C(=O)O. The number of rotatable bonds is 3. The van der Waals surface area contributed by atoms with E-state index in [2.05, 4.69) is 4.98 Å². The second kappa shape index (κ2) is 5.59. The summed E-state index contributed by atoms with van der Waals surface area (Å²) in [6.07, 6.45) is 4.30. The molecule has 0 spiro atoms. The van der Waals surface area contributed by atoms with E-state index < -0.39 is 5.97 Å². The molecule has 0 aromatic carbocycles. The maximum Gasteiger partial charge on any atom is 0.347 e. The van der Waals surface area contributed by atoms with Crippen LogP contribution in [0.5, 0.6) is 0 Å². The largest absolute Gasteiger partial charge is 0.477 e. The van der Waals surface area contributed by atoms with Gasteiger partial charge in [-0.15, -0.1) is 11.3 Å². The van der Waals surface area contributed by atoms with Crippen molar-refractivity contribution in [1.29, 1.82) is 0 Å². The third-order valence-electron chi connectivity index (χ3n) is 3.25. The van der Waals surface area contributed by atoms with Gasteiger partial charge in [-0.25, -0.2) is 9.78 Å². The lowest BCUT2D eigenvalue weighted by Crippen LogP contribution is -2.21. The number of nitrogens with zero attached hydrogens (tertiary/aromatic N) is 1. The first-order chi connectivity index (χ1) is 8.88. The van der Waals surface area contributed by atoms with Gasteiger partial charge in [0.15, 0.2) is 0 Å². The fourth-order valence-corrected chi connectivity index (χ4v) is 3.45. The van der Waals surface area contributed by atoms with Crippen LogP contribution >= 0.6 is 11.3 Å². The lowest BCUT2D eigenvalue weighted by atomic mass is 9.91. The molecule has 2 rings (SSSR count). The summed E-state index contributed by atoms with van der Waals surface area (Å²) < 4.78 is 5.70. The smallest absolute Gasteiger partial charge is 0.347 e. The molecular weight excluding hydrogens is 262 g/mol. The van der Waals surface area contributed by atoms with Gasteiger partial charge in [-0.1, -0.05) is 20.8 Å². The Morgan fingerprint density at radius 2 is 2.21 bits per heavy atom. The molecule has 1 atom stereocenters. The van der Waals surface area contributed by atoms with E-state index in [1.807, 2.05) is 20.8 Å². The summed E-state index contributed by atoms with van der Waals surface area (Å²) in [6, 6.07) is 0. The van der Waals surface area contributed by atoms with Crippen LogP contribution in [-0.2, 0) is 16.6 Å². The molecule has 4 nitrogen and oxygen atoms in total. The summed E-state index contributed by atoms with van der Waals surface area (Å²) in [5, 5.41) is 10.2. The molecule has 1 saturated heterocycles. The van der Waals surface area contributed by atoms with Gasteiger partial charge >= 0.3 is 5.97 Å². The van der Waals surface area contributed by atoms with Crippen LogP contribution in [0.25, 0.3) is 0 Å². The van der Waals surface area contributed by atoms with Crippen molar-refractivity contribution in [3.05, 3.63) is 15.6 Å². The Labute approximate surface area is 117 Å². The summed E-state index contributed by atoms with van der Waals surface area (Å²) in [5.74, 6) is -0.877. The summed E-state index contributed by atoms with van der Waals surface area (Å²) >= 11 is 1.30. The van der Waals surface area contributed by atoms with Crippen LogP contribution in [0, 0.1) is 0 Å². The number of hydrogen-bond donors (Lipinski definition) is 1. The van der Waals surface area contributed by atoms with Gasteiger partial charge in [0.1, 0.15) is 4.88 Å². The van der Waals surface area contributed by atoms with Gasteiger partial charge in [-0.3, -0.25) is 0 Å². The Hall–Kier alpha value is -0.940. The molecule has 0 bridgehead atoms. The highest BCUT2D eigenvalue weighted by atomic mass is 32.1. The minimum Gasteiger partial charge on any atom is -0.477 e. The number of aromatic carboxylic acids is 1. The molecule has 0 saturated carbocycles. The lowest BCUT2D eigenvalue weighted by molar-refractivity contribution is 0.0167. The molecule has 106 valence electrons. The van der Waals surface area contributed by atoms with Crippen LogP contribution in [-0.4, -0.2) is 28.8 Å². The molecule has 1 aliphatic rings. The van der Waals surface area contributed by atoms with E-state index in [4.69, 9.17) is 4.74 Å². The first kappa shape index (κ1) is 14.5. The topological polar surface area (TPSA) is 59.4 Å². The Morgan fingerprint density at radius 3 is 2.68 bits per heavy atom. The van der Waals surface area contributed by atoms with E-state index in [0.29, 0.717) is 10.6 Å². The maximum atomic E-state index is 11.3. The van der Waals surface area contributed by atoms with Crippen molar-refractivity contribution >= 4 is 17.3 Å². The van der Waals surface area contributed by atoms with Crippen molar-refractivity contribution in [2.45, 2.75) is 58.0 Å². The number of carbonyl (C=O) groups is 1. The van der Waals surface area contributed by atoms with Gasteiger partial charge in [0, 0.05) is 18.4 Å². The molecule has 19 heavy (non-hydrogen) atoms. The summed E-state index contributed by atoms with van der Waals surface area (Å²) in [6.45, 7) is 6.80. The van der Waals surface area contributed by atoms with Crippen LogP contribution < -0.4 is 0 Å². The molecule has 1 N–H and O–H groups in total. The van der Waals surface area contributed by atoms with E-state index in [9.17, 15) is 9.90 Å². The summed E-state index contributed by atoms with van der Waals surface area (Å²) in [7, 11) is 0. The third kappa shape index (κ3) is 3.54. The average Bonchev–Trinajstić information content (AvgIpc) is 2.74. The molecule has 2 heterocycles. The first-order valence-electron chi connectivity index (χ1n) is 6.73. The molecule has 1 aliphatic heterocycles. The van der Waals surface area contributed by atoms with Gasteiger partial charge < -0.3 is 9.84 Å². The van der Waals surface area contributed by atoms with Crippen LogP contribution in [0.15, 0.2) is 0 Å². The van der Waals surface area contributed by atoms with E-state index in [-0.39, 0.29) is 11.5 Å². The summed E-state index contributed by atoms with van der Waals surface area (Å²) in [5.41, 5.74) is 0.450. The van der Waals surface area contributed by atoms with Gasteiger partial charge in [0.05, 0.1) is 16.8 Å². The number of hydrogen-bond acceptors (Lipinski definition) is 4. The van der Waals surface area contributed by atoms with Gasteiger partial charge in [-0.05, 0) is 19.3 Å². The van der Waals surface area contributed by atoms with Crippen LogP contribution in [0.4, 0.5) is 0 Å². The fraction of sp³-hybridized carbons (Fsp3) is 0.714. The fourth-order valence-electron chi connectivity index (χ4n) is 2.27. The number of thiazole rings is 1. The average molecular weight is 283 g/mol. The lowest BCUT2D eigenvalue weighted by Gasteiger charge is -2.21. The predicted octanol–water partition coefficient (Wildman–Crippen LogP) is 3.25. The quantitative estimate of drug-likeness (QED) is 0.925. The standard InChI is InChI=1S/C14H21NO3S/c1-14(2,3)12-11(13(16)17)19-10(15-12)8-9-6-4-5-7-18-9/h9H,4-8H2,1-3H3,(H,16,17). The van der Waals surface area contributed by atoms with Crippen LogP contribution in [0.2, 0.25) is 0 Å². The zero-order valence-corrected chi connectivity index (χ0v) is 12.5. The summed E-state index contributed by atoms with van der Waals surface area (Å²) in [4.78, 5) is 16.2. The zero-order valence-electron chi connectivity index (χ0n) is 11.7. The molecular formula is C14H21NO3S. The molecule has 1 fully saturated rings. The zero-order chi connectivity index (χ0) is 14.0. The highest BCUT2D eigenvalue weighted by Crippen LogP contribution is 2.31. The van der Waals surface area contributed by atoms with Crippen molar-refractivity contribution in [3.63, 3.8) is 0 Å². The van der Waals surface area contributed by atoms with Crippen molar-refractivity contribution < 1.29 is 14.6 Å². The second-order valence-electron chi connectivity index (χ2n) is 6.03. The third-order valence-corrected chi connectivity index (χ3v) is 4.32. The molecule has 1 unspecified atom stereocenters. The molecule has 0 amide bonds. The van der Waals surface area contributed by atoms with Crippen LogP contribution in [0.1, 0.15) is 60.4 Å². The predicted molar refractivity (Wildman–Crippen MR) is 75.1 cm³/mol. The first-order valence-corrected chi connectivity index (χ1v) is 7.54. The van der Waals surface area contributed by atoms with Crippen molar-refractivity contribution in [3.8, 4) is 0 Å². The van der Waals surface area contributed by atoms with Crippen molar-refractivity contribution in [2.24, 2.45) is 0 Å². The second-order valence-corrected chi connectivity index (χ2v) is 7.12. The molecule has 0 aliphatic carbocycles. The normalized spacial score (nSPS) is 20.5. The van der Waals surface area contributed by atoms with E-state index in [0.717, 1.165) is 30.9 Å². The molecule has 0 radical (unpaired) electrons. The van der Waals surface area contributed by atoms with Crippen LogP contribution in [0.3, 0.4) is 0 Å². The number of carboxylic acid groups (broad SMARTS) is 1. The minimum absolute atomic E-state index is 0.203. The highest BCUT2D eigenvalue weighted by Gasteiger charge is 2.28.